The van der Waals surface area contributed by atoms with E-state index in [1.54, 1.807) is 30.3 Å². The summed E-state index contributed by atoms with van der Waals surface area (Å²) in [6.45, 7) is 2.24. The van der Waals surface area contributed by atoms with Crippen LogP contribution in [-0.2, 0) is 6.54 Å². The van der Waals surface area contributed by atoms with Gasteiger partial charge in [-0.15, -0.1) is 0 Å². The first-order chi connectivity index (χ1) is 9.10. The molecular formula is C14H16N2O3. The first kappa shape index (κ1) is 13.0. The smallest absolute Gasteiger partial charge is 0.160 e. The van der Waals surface area contributed by atoms with Crippen LogP contribution in [0.2, 0.25) is 0 Å². The van der Waals surface area contributed by atoms with Crippen molar-refractivity contribution in [2.75, 3.05) is 12.4 Å². The predicted molar refractivity (Wildman–Crippen MR) is 72.6 cm³/mol. The lowest BCUT2D eigenvalue weighted by Gasteiger charge is -2.10. The lowest BCUT2D eigenvalue weighted by molar-refractivity contribution is 0.373. The number of pyridine rings is 1. The number of aromatic nitrogens is 1. The van der Waals surface area contributed by atoms with Gasteiger partial charge in [-0.05, 0) is 31.2 Å². The molecule has 0 amide bonds. The molecule has 2 rings (SSSR count). The number of aromatic hydroxyl groups is 2. The molecule has 100 valence electrons. The number of phenols is 1. The molecule has 1 aromatic heterocycles. The van der Waals surface area contributed by atoms with Gasteiger partial charge in [0.15, 0.2) is 11.5 Å². The van der Waals surface area contributed by atoms with Gasteiger partial charge in [-0.25, -0.2) is 0 Å². The molecule has 1 aromatic carbocycles. The predicted octanol–water partition coefficient (Wildman–Crippen LogP) is 2.42. The highest BCUT2D eigenvalue weighted by Crippen LogP contribution is 2.29. The molecule has 5 heteroatoms. The monoisotopic (exact) mass is 260 g/mol. The number of nitrogens with zero attached hydrogens (tertiary/aromatic N) is 1. The highest BCUT2D eigenvalue weighted by atomic mass is 16.5. The minimum Gasteiger partial charge on any atom is -0.506 e. The summed E-state index contributed by atoms with van der Waals surface area (Å²) in [6.07, 6.45) is 0. The Bertz CT molecular complexity index is 585. The van der Waals surface area contributed by atoms with Crippen LogP contribution in [0.1, 0.15) is 11.4 Å². The summed E-state index contributed by atoms with van der Waals surface area (Å²) in [5.74, 6) is 0.631. The third-order valence-electron chi connectivity index (χ3n) is 2.73. The zero-order valence-electron chi connectivity index (χ0n) is 10.8. The van der Waals surface area contributed by atoms with Gasteiger partial charge >= 0.3 is 0 Å². The topological polar surface area (TPSA) is 74.6 Å². The van der Waals surface area contributed by atoms with Crippen molar-refractivity contribution in [2.24, 2.45) is 0 Å². The number of hydrogen-bond acceptors (Lipinski definition) is 5. The summed E-state index contributed by atoms with van der Waals surface area (Å²) in [4.78, 5) is 4.24. The standard InChI is InChI=1S/C14H16N2O3/c1-9-3-5-12(17)11(16-9)8-15-10-4-6-14(19-2)13(18)7-10/h3-7,15,17-18H,8H2,1-2H3. The molecule has 0 aliphatic rings. The maximum Gasteiger partial charge on any atom is 0.160 e. The summed E-state index contributed by atoms with van der Waals surface area (Å²) >= 11 is 0. The van der Waals surface area contributed by atoms with Gasteiger partial charge < -0.3 is 20.3 Å². The zero-order chi connectivity index (χ0) is 13.8. The molecular weight excluding hydrogens is 244 g/mol. The molecule has 3 N–H and O–H groups in total. The van der Waals surface area contributed by atoms with Crippen LogP contribution in [0.25, 0.3) is 0 Å². The molecule has 5 nitrogen and oxygen atoms in total. The Balaban J connectivity index is 2.10. The van der Waals surface area contributed by atoms with Crippen molar-refractivity contribution in [2.45, 2.75) is 13.5 Å². The van der Waals surface area contributed by atoms with Crippen LogP contribution in [0, 0.1) is 6.92 Å². The molecule has 0 saturated carbocycles. The molecule has 0 bridgehead atoms. The van der Waals surface area contributed by atoms with Gasteiger partial charge in [0, 0.05) is 17.4 Å². The highest BCUT2D eigenvalue weighted by Gasteiger charge is 2.05. The third kappa shape index (κ3) is 3.07. The number of rotatable bonds is 4. The van der Waals surface area contributed by atoms with Crippen LogP contribution < -0.4 is 10.1 Å². The number of phenolic OH excluding ortho intramolecular Hbond substituents is 1. The molecule has 0 atom stereocenters. The Morgan fingerprint density at radius 2 is 1.95 bits per heavy atom. The first-order valence-corrected chi connectivity index (χ1v) is 5.86. The summed E-state index contributed by atoms with van der Waals surface area (Å²) in [6, 6.07) is 8.38. The van der Waals surface area contributed by atoms with Gasteiger partial charge in [-0.3, -0.25) is 4.98 Å². The van der Waals surface area contributed by atoms with Crippen molar-refractivity contribution in [3.8, 4) is 17.2 Å². The Morgan fingerprint density at radius 3 is 2.63 bits per heavy atom. The van der Waals surface area contributed by atoms with Crippen molar-refractivity contribution in [3.05, 3.63) is 41.7 Å². The maximum absolute atomic E-state index is 9.68. The van der Waals surface area contributed by atoms with Crippen molar-refractivity contribution in [1.82, 2.24) is 4.98 Å². The van der Waals surface area contributed by atoms with E-state index in [2.05, 4.69) is 10.3 Å². The van der Waals surface area contributed by atoms with E-state index in [1.165, 1.54) is 7.11 Å². The van der Waals surface area contributed by atoms with Crippen molar-refractivity contribution < 1.29 is 14.9 Å². The molecule has 0 unspecified atom stereocenters. The SMILES string of the molecule is COc1ccc(NCc2nc(C)ccc2O)cc1O. The van der Waals surface area contributed by atoms with Crippen LogP contribution >= 0.6 is 0 Å². The van der Waals surface area contributed by atoms with E-state index in [9.17, 15) is 10.2 Å². The van der Waals surface area contributed by atoms with Crippen LogP contribution in [0.3, 0.4) is 0 Å². The number of anilines is 1. The van der Waals surface area contributed by atoms with E-state index in [0.717, 1.165) is 11.4 Å². The molecule has 19 heavy (non-hydrogen) atoms. The van der Waals surface area contributed by atoms with Crippen molar-refractivity contribution in [1.29, 1.82) is 0 Å². The van der Waals surface area contributed by atoms with Gasteiger partial charge in [0.25, 0.3) is 0 Å². The fourth-order valence-corrected chi connectivity index (χ4v) is 1.72. The van der Waals surface area contributed by atoms with Crippen LogP contribution in [0.15, 0.2) is 30.3 Å². The first-order valence-electron chi connectivity index (χ1n) is 5.86. The van der Waals surface area contributed by atoms with E-state index in [0.29, 0.717) is 18.0 Å². The Hall–Kier alpha value is -2.43. The molecule has 2 aromatic rings. The van der Waals surface area contributed by atoms with Crippen LogP contribution in [0.4, 0.5) is 5.69 Å². The molecule has 0 saturated heterocycles. The van der Waals surface area contributed by atoms with Crippen LogP contribution in [-0.4, -0.2) is 22.3 Å². The number of ether oxygens (including phenoxy) is 1. The summed E-state index contributed by atoms with van der Waals surface area (Å²) < 4.78 is 4.97. The Labute approximate surface area is 111 Å². The summed E-state index contributed by atoms with van der Waals surface area (Å²) in [5, 5.41) is 22.4. The van der Waals surface area contributed by atoms with Gasteiger partial charge in [0.1, 0.15) is 11.4 Å². The maximum atomic E-state index is 9.68. The molecule has 0 aliphatic heterocycles. The fourth-order valence-electron chi connectivity index (χ4n) is 1.72. The van der Waals surface area contributed by atoms with E-state index in [-0.39, 0.29) is 11.5 Å². The number of aryl methyl sites for hydroxylation is 1. The Kier molecular flexibility index (Phi) is 3.75. The number of benzene rings is 1. The lowest BCUT2D eigenvalue weighted by Crippen LogP contribution is -2.02. The van der Waals surface area contributed by atoms with Crippen molar-refractivity contribution in [3.63, 3.8) is 0 Å². The second kappa shape index (κ2) is 5.48. The molecule has 0 aliphatic carbocycles. The molecule has 1 heterocycles. The average molecular weight is 260 g/mol. The van der Waals surface area contributed by atoms with E-state index in [4.69, 9.17) is 4.74 Å². The normalized spacial score (nSPS) is 10.2. The second-order valence-electron chi connectivity index (χ2n) is 4.16. The second-order valence-corrected chi connectivity index (χ2v) is 4.16. The number of nitrogens with one attached hydrogen (secondary N) is 1. The van der Waals surface area contributed by atoms with Gasteiger partial charge in [-0.2, -0.15) is 0 Å². The Morgan fingerprint density at radius 1 is 1.16 bits per heavy atom. The molecule has 0 radical (unpaired) electrons. The largest absolute Gasteiger partial charge is 0.506 e. The minimum atomic E-state index is 0.0638. The quantitative estimate of drug-likeness (QED) is 0.787. The van der Waals surface area contributed by atoms with E-state index < -0.39 is 0 Å². The van der Waals surface area contributed by atoms with Gasteiger partial charge in [0.05, 0.1) is 13.7 Å². The lowest BCUT2D eigenvalue weighted by atomic mass is 10.2. The van der Waals surface area contributed by atoms with E-state index in [1.807, 2.05) is 6.92 Å². The zero-order valence-corrected chi connectivity index (χ0v) is 10.8. The van der Waals surface area contributed by atoms with Crippen molar-refractivity contribution >= 4 is 5.69 Å². The average Bonchev–Trinajstić information content (AvgIpc) is 2.40. The van der Waals surface area contributed by atoms with E-state index >= 15 is 0 Å². The fraction of sp³-hybridized carbons (Fsp3) is 0.214. The molecule has 0 fully saturated rings. The minimum absolute atomic E-state index is 0.0638. The summed E-state index contributed by atoms with van der Waals surface area (Å²) in [5.41, 5.74) is 2.13. The third-order valence-corrected chi connectivity index (χ3v) is 2.73. The molecule has 0 spiro atoms. The number of methoxy groups -OCH3 is 1. The van der Waals surface area contributed by atoms with Gasteiger partial charge in [0.2, 0.25) is 0 Å². The number of hydrogen-bond donors (Lipinski definition) is 3. The van der Waals surface area contributed by atoms with Crippen LogP contribution in [0.5, 0.6) is 17.2 Å². The van der Waals surface area contributed by atoms with Gasteiger partial charge in [-0.1, -0.05) is 0 Å². The highest BCUT2D eigenvalue weighted by molar-refractivity contribution is 5.54. The summed E-state index contributed by atoms with van der Waals surface area (Å²) in [7, 11) is 1.50.